The molecule has 32 heavy (non-hydrogen) atoms. The van der Waals surface area contributed by atoms with Crippen molar-refractivity contribution < 1.29 is 13.9 Å². The van der Waals surface area contributed by atoms with Crippen molar-refractivity contribution in [1.82, 2.24) is 0 Å². The van der Waals surface area contributed by atoms with E-state index < -0.39 is 0 Å². The maximum Gasteiger partial charge on any atom is 0.309 e. The highest BCUT2D eigenvalue weighted by atomic mass is 35.5. The number of carbonyl (C=O) groups is 1. The Bertz CT molecular complexity index is 1320. The molecule has 4 aromatic carbocycles. The lowest BCUT2D eigenvalue weighted by Crippen LogP contribution is -2.06. The highest BCUT2D eigenvalue weighted by Crippen LogP contribution is 2.38. The van der Waals surface area contributed by atoms with Gasteiger partial charge in [0.05, 0.1) is 18.6 Å². The number of halogens is 3. The lowest BCUT2D eigenvalue weighted by atomic mass is 9.89. The van der Waals surface area contributed by atoms with Crippen LogP contribution in [-0.2, 0) is 16.0 Å². The van der Waals surface area contributed by atoms with E-state index in [1.54, 1.807) is 18.2 Å². The molecule has 0 bridgehead atoms. The molecule has 6 heteroatoms. The molecule has 4 aromatic rings. The van der Waals surface area contributed by atoms with E-state index in [9.17, 15) is 9.18 Å². The van der Waals surface area contributed by atoms with E-state index in [4.69, 9.17) is 27.9 Å². The Morgan fingerprint density at radius 3 is 2.44 bits per heavy atom. The Kier molecular flexibility index (Phi) is 6.75. The molecular weight excluding hydrogens is 466 g/mol. The van der Waals surface area contributed by atoms with Gasteiger partial charge in [-0.3, -0.25) is 4.79 Å². The number of esters is 1. The number of hydrogen-bond donors (Lipinski definition) is 0. The minimum absolute atomic E-state index is 0.158. The molecule has 0 heterocycles. The van der Waals surface area contributed by atoms with Crippen LogP contribution in [0.5, 0.6) is 0 Å². The molecular formula is C26H19Cl2FO2S. The van der Waals surface area contributed by atoms with Gasteiger partial charge in [0, 0.05) is 14.8 Å². The standard InChI is InChI=1S/C26H19Cl2FO2S/c1-15-18(12-25(30)31-2)11-17-3-7-20(29)14-22(17)26(15)16-4-8-21(9-5-16)32-24-10-6-19(27)13-23(24)28/h3-11,13-14H,12H2,1-2H3. The Morgan fingerprint density at radius 2 is 1.75 bits per heavy atom. The quantitative estimate of drug-likeness (QED) is 0.267. The van der Waals surface area contributed by atoms with E-state index in [1.807, 2.05) is 43.3 Å². The number of fused-ring (bicyclic) bond motifs is 1. The first-order valence-corrected chi connectivity index (χ1v) is 11.4. The second-order valence-corrected chi connectivity index (χ2v) is 9.31. The van der Waals surface area contributed by atoms with Gasteiger partial charge in [-0.25, -0.2) is 4.39 Å². The fraction of sp³-hybridized carbons (Fsp3) is 0.115. The fourth-order valence-electron chi connectivity index (χ4n) is 3.69. The zero-order chi connectivity index (χ0) is 22.8. The molecule has 2 nitrogen and oxygen atoms in total. The van der Waals surface area contributed by atoms with Crippen LogP contribution in [0.2, 0.25) is 10.0 Å². The SMILES string of the molecule is COC(=O)Cc1cc2ccc(F)cc2c(-c2ccc(Sc3ccc(Cl)cc3Cl)cc2)c1C. The van der Waals surface area contributed by atoms with Crippen LogP contribution in [-0.4, -0.2) is 13.1 Å². The zero-order valence-electron chi connectivity index (χ0n) is 17.4. The van der Waals surface area contributed by atoms with Gasteiger partial charge in [-0.1, -0.05) is 59.2 Å². The third-order valence-corrected chi connectivity index (χ3v) is 7.04. The van der Waals surface area contributed by atoms with Crippen LogP contribution in [0.1, 0.15) is 11.1 Å². The van der Waals surface area contributed by atoms with Crippen molar-refractivity contribution in [2.45, 2.75) is 23.1 Å². The summed E-state index contributed by atoms with van der Waals surface area (Å²) < 4.78 is 19.0. The predicted molar refractivity (Wildman–Crippen MR) is 130 cm³/mol. The average molecular weight is 485 g/mol. The Balaban J connectivity index is 1.77. The molecule has 0 unspecified atom stereocenters. The lowest BCUT2D eigenvalue weighted by Gasteiger charge is -2.16. The van der Waals surface area contributed by atoms with Crippen LogP contribution >= 0.6 is 35.0 Å². The maximum absolute atomic E-state index is 14.1. The van der Waals surface area contributed by atoms with Gasteiger partial charge in [-0.15, -0.1) is 0 Å². The molecule has 0 aliphatic carbocycles. The van der Waals surface area contributed by atoms with Gasteiger partial charge < -0.3 is 4.74 Å². The van der Waals surface area contributed by atoms with Crippen molar-refractivity contribution in [3.05, 3.63) is 93.7 Å². The van der Waals surface area contributed by atoms with Crippen molar-refractivity contribution in [3.63, 3.8) is 0 Å². The summed E-state index contributed by atoms with van der Waals surface area (Å²) in [5.41, 5.74) is 3.63. The van der Waals surface area contributed by atoms with Gasteiger partial charge in [0.15, 0.2) is 0 Å². The Labute approximate surface area is 200 Å². The lowest BCUT2D eigenvalue weighted by molar-refractivity contribution is -0.139. The first-order valence-electron chi connectivity index (χ1n) is 9.87. The highest BCUT2D eigenvalue weighted by Gasteiger charge is 2.16. The smallest absolute Gasteiger partial charge is 0.309 e. The molecule has 0 radical (unpaired) electrons. The third-order valence-electron chi connectivity index (χ3n) is 5.30. The van der Waals surface area contributed by atoms with Crippen LogP contribution in [0.4, 0.5) is 4.39 Å². The molecule has 0 amide bonds. The van der Waals surface area contributed by atoms with E-state index >= 15 is 0 Å². The number of benzene rings is 4. The van der Waals surface area contributed by atoms with Crippen LogP contribution < -0.4 is 0 Å². The Morgan fingerprint density at radius 1 is 1.00 bits per heavy atom. The third kappa shape index (κ3) is 4.78. The number of rotatable bonds is 5. The monoisotopic (exact) mass is 484 g/mol. The van der Waals surface area contributed by atoms with Gasteiger partial charge in [0.1, 0.15) is 5.82 Å². The molecule has 0 N–H and O–H groups in total. The van der Waals surface area contributed by atoms with Gasteiger partial charge in [0.25, 0.3) is 0 Å². The van der Waals surface area contributed by atoms with E-state index in [-0.39, 0.29) is 18.2 Å². The molecule has 0 aliphatic heterocycles. The first kappa shape index (κ1) is 22.7. The predicted octanol–water partition coefficient (Wildman–Crippen LogP) is 8.13. The van der Waals surface area contributed by atoms with E-state index in [1.165, 1.54) is 31.0 Å². The van der Waals surface area contributed by atoms with Crippen molar-refractivity contribution in [3.8, 4) is 11.1 Å². The molecule has 0 aliphatic rings. The van der Waals surface area contributed by atoms with Crippen molar-refractivity contribution in [2.75, 3.05) is 7.11 Å². The normalized spacial score (nSPS) is 11.0. The van der Waals surface area contributed by atoms with Gasteiger partial charge in [0.2, 0.25) is 0 Å². The minimum atomic E-state index is -0.313. The largest absolute Gasteiger partial charge is 0.469 e. The highest BCUT2D eigenvalue weighted by molar-refractivity contribution is 7.99. The molecule has 0 saturated carbocycles. The topological polar surface area (TPSA) is 26.3 Å². The van der Waals surface area contributed by atoms with Crippen LogP contribution in [0.15, 0.2) is 76.5 Å². The van der Waals surface area contributed by atoms with Gasteiger partial charge >= 0.3 is 5.97 Å². The fourth-order valence-corrected chi connectivity index (χ4v) is 5.03. The summed E-state index contributed by atoms with van der Waals surface area (Å²) in [6.07, 6.45) is 0.158. The van der Waals surface area contributed by atoms with Crippen LogP contribution in [0.25, 0.3) is 21.9 Å². The zero-order valence-corrected chi connectivity index (χ0v) is 19.7. The van der Waals surface area contributed by atoms with E-state index in [0.717, 1.165) is 42.8 Å². The maximum atomic E-state index is 14.1. The summed E-state index contributed by atoms with van der Waals surface area (Å²) in [5.74, 6) is -0.615. The van der Waals surface area contributed by atoms with Crippen molar-refractivity contribution in [1.29, 1.82) is 0 Å². The van der Waals surface area contributed by atoms with Crippen LogP contribution in [0.3, 0.4) is 0 Å². The molecule has 0 spiro atoms. The number of ether oxygens (including phenoxy) is 1. The number of hydrogen-bond acceptors (Lipinski definition) is 3. The molecule has 0 aromatic heterocycles. The number of carbonyl (C=O) groups excluding carboxylic acids is 1. The second kappa shape index (κ2) is 9.53. The summed E-state index contributed by atoms with van der Waals surface area (Å²) in [6, 6.07) is 20.1. The molecule has 0 atom stereocenters. The summed E-state index contributed by atoms with van der Waals surface area (Å²) >= 11 is 13.8. The first-order chi connectivity index (χ1) is 15.4. The summed E-state index contributed by atoms with van der Waals surface area (Å²) in [6.45, 7) is 1.95. The van der Waals surface area contributed by atoms with E-state index in [0.29, 0.717) is 10.0 Å². The molecule has 4 rings (SSSR count). The summed E-state index contributed by atoms with van der Waals surface area (Å²) in [5, 5.41) is 2.87. The van der Waals surface area contributed by atoms with Gasteiger partial charge in [-0.05, 0) is 82.4 Å². The molecule has 0 fully saturated rings. The average Bonchev–Trinajstić information content (AvgIpc) is 2.77. The Hall–Kier alpha value is -2.53. The van der Waals surface area contributed by atoms with Crippen molar-refractivity contribution >= 4 is 51.7 Å². The summed E-state index contributed by atoms with van der Waals surface area (Å²) in [4.78, 5) is 13.9. The minimum Gasteiger partial charge on any atom is -0.469 e. The van der Waals surface area contributed by atoms with Gasteiger partial charge in [-0.2, -0.15) is 0 Å². The number of methoxy groups -OCH3 is 1. The second-order valence-electron chi connectivity index (χ2n) is 7.36. The molecule has 162 valence electrons. The van der Waals surface area contributed by atoms with Crippen molar-refractivity contribution in [2.24, 2.45) is 0 Å². The van der Waals surface area contributed by atoms with Crippen LogP contribution in [0, 0.1) is 12.7 Å². The summed E-state index contributed by atoms with van der Waals surface area (Å²) in [7, 11) is 1.37. The molecule has 0 saturated heterocycles. The van der Waals surface area contributed by atoms with E-state index in [2.05, 4.69) is 0 Å².